The summed E-state index contributed by atoms with van der Waals surface area (Å²) in [5, 5.41) is 3.41. The van der Waals surface area contributed by atoms with Gasteiger partial charge in [-0.3, -0.25) is 0 Å². The molecule has 2 aliphatic rings. The lowest BCUT2D eigenvalue weighted by Crippen LogP contribution is -2.42. The van der Waals surface area contributed by atoms with Gasteiger partial charge in [0.2, 0.25) is 17.8 Å². The Morgan fingerprint density at radius 2 is 1.79 bits per heavy atom. The normalized spacial score (nSPS) is 21.8. The minimum atomic E-state index is 0.132. The largest absolute Gasteiger partial charge is 0.368 e. The molecule has 0 atom stereocenters. The van der Waals surface area contributed by atoms with Crippen molar-refractivity contribution >= 4 is 17.8 Å². The number of hydrogen-bond donors (Lipinski definition) is 2. The number of hydrogen-bond acceptors (Lipinski definition) is 6. The summed E-state index contributed by atoms with van der Waals surface area (Å²) in [6.45, 7) is 4.23. The van der Waals surface area contributed by atoms with Crippen LogP contribution in [0.5, 0.6) is 0 Å². The average molecular weight is 262 g/mol. The summed E-state index contributed by atoms with van der Waals surface area (Å²) < 4.78 is 0. The minimum absolute atomic E-state index is 0.132. The summed E-state index contributed by atoms with van der Waals surface area (Å²) in [6.07, 6.45) is 7.29. The van der Waals surface area contributed by atoms with E-state index in [0.717, 1.165) is 31.9 Å². The Labute approximate surface area is 113 Å². The van der Waals surface area contributed by atoms with Crippen LogP contribution < -0.4 is 16.0 Å². The summed E-state index contributed by atoms with van der Waals surface area (Å²) in [7, 11) is 0. The van der Waals surface area contributed by atoms with Crippen LogP contribution in [0, 0.1) is 0 Å². The molecule has 2 heterocycles. The summed E-state index contributed by atoms with van der Waals surface area (Å²) in [5.41, 5.74) is 5.95. The van der Waals surface area contributed by atoms with E-state index in [0.29, 0.717) is 11.9 Å². The van der Waals surface area contributed by atoms with Crippen LogP contribution in [-0.2, 0) is 0 Å². The Bertz CT molecular complexity index is 450. The van der Waals surface area contributed by atoms with Crippen LogP contribution in [0.25, 0.3) is 0 Å². The average Bonchev–Trinajstić information content (AvgIpc) is 2.37. The SMILES string of the molecule is CC1(Nc2nc(N)nc(N3CCCCC3)n2)CCC1. The van der Waals surface area contributed by atoms with Crippen LogP contribution in [0.3, 0.4) is 0 Å². The van der Waals surface area contributed by atoms with Gasteiger partial charge in [0.25, 0.3) is 0 Å². The highest BCUT2D eigenvalue weighted by Gasteiger charge is 2.32. The number of nitrogen functional groups attached to an aromatic ring is 1. The fourth-order valence-electron chi connectivity index (χ4n) is 2.77. The Hall–Kier alpha value is -1.59. The molecule has 104 valence electrons. The van der Waals surface area contributed by atoms with Crippen LogP contribution in [0.2, 0.25) is 0 Å². The maximum atomic E-state index is 5.82. The van der Waals surface area contributed by atoms with E-state index in [1.165, 1.54) is 25.7 Å². The minimum Gasteiger partial charge on any atom is -0.368 e. The van der Waals surface area contributed by atoms with Crippen LogP contribution in [0.1, 0.15) is 45.4 Å². The van der Waals surface area contributed by atoms with Gasteiger partial charge < -0.3 is 16.0 Å². The third kappa shape index (κ3) is 2.72. The van der Waals surface area contributed by atoms with Crippen LogP contribution >= 0.6 is 0 Å². The van der Waals surface area contributed by atoms with Crippen molar-refractivity contribution in [2.75, 3.05) is 29.0 Å². The highest BCUT2D eigenvalue weighted by molar-refractivity contribution is 5.43. The van der Waals surface area contributed by atoms with E-state index >= 15 is 0 Å². The highest BCUT2D eigenvalue weighted by atomic mass is 15.3. The molecule has 1 saturated heterocycles. The Morgan fingerprint density at radius 1 is 1.05 bits per heavy atom. The zero-order valence-electron chi connectivity index (χ0n) is 11.5. The van der Waals surface area contributed by atoms with Gasteiger partial charge in [0.15, 0.2) is 0 Å². The van der Waals surface area contributed by atoms with Crippen LogP contribution in [0.15, 0.2) is 0 Å². The van der Waals surface area contributed by atoms with E-state index in [2.05, 4.69) is 32.1 Å². The summed E-state index contributed by atoms with van der Waals surface area (Å²) >= 11 is 0. The van der Waals surface area contributed by atoms with Gasteiger partial charge in [-0.05, 0) is 45.4 Å². The predicted octanol–water partition coefficient (Wildman–Crippen LogP) is 1.80. The van der Waals surface area contributed by atoms with Gasteiger partial charge in [-0.25, -0.2) is 0 Å². The molecule has 0 amide bonds. The quantitative estimate of drug-likeness (QED) is 0.864. The molecule has 0 spiro atoms. The number of nitrogens with two attached hydrogens (primary N) is 1. The van der Waals surface area contributed by atoms with E-state index in [-0.39, 0.29) is 5.54 Å². The molecule has 0 unspecified atom stereocenters. The topological polar surface area (TPSA) is 80.0 Å². The Balaban J connectivity index is 1.78. The van der Waals surface area contributed by atoms with Crippen LogP contribution in [0.4, 0.5) is 17.8 Å². The van der Waals surface area contributed by atoms with Gasteiger partial charge in [0, 0.05) is 18.6 Å². The van der Waals surface area contributed by atoms with Crippen molar-refractivity contribution in [1.29, 1.82) is 0 Å². The smallest absolute Gasteiger partial charge is 0.231 e. The predicted molar refractivity (Wildman–Crippen MR) is 76.2 cm³/mol. The van der Waals surface area contributed by atoms with Gasteiger partial charge in [-0.1, -0.05) is 0 Å². The lowest BCUT2D eigenvalue weighted by atomic mass is 9.79. The Kier molecular flexibility index (Phi) is 3.16. The molecule has 6 heteroatoms. The zero-order valence-corrected chi connectivity index (χ0v) is 11.5. The van der Waals surface area contributed by atoms with Crippen molar-refractivity contribution in [3.63, 3.8) is 0 Å². The van der Waals surface area contributed by atoms with E-state index < -0.39 is 0 Å². The second-order valence-corrected chi connectivity index (χ2v) is 5.90. The maximum absolute atomic E-state index is 5.82. The second kappa shape index (κ2) is 4.83. The lowest BCUT2D eigenvalue weighted by molar-refractivity contribution is 0.304. The molecule has 1 aliphatic carbocycles. The maximum Gasteiger partial charge on any atom is 0.231 e. The molecule has 3 rings (SSSR count). The zero-order chi connectivity index (χ0) is 13.3. The lowest BCUT2D eigenvalue weighted by Gasteiger charge is -2.39. The fourth-order valence-corrected chi connectivity index (χ4v) is 2.77. The standard InChI is InChI=1S/C13H22N6/c1-13(6-5-7-13)18-11-15-10(14)16-12(17-11)19-8-3-2-4-9-19/h2-9H2,1H3,(H3,14,15,16,17,18). The number of aromatic nitrogens is 3. The van der Waals surface area contributed by atoms with Crippen molar-refractivity contribution in [2.24, 2.45) is 0 Å². The number of piperidine rings is 1. The van der Waals surface area contributed by atoms with Crippen molar-refractivity contribution < 1.29 is 0 Å². The first-order valence-electron chi connectivity index (χ1n) is 7.19. The molecular formula is C13H22N6. The molecule has 1 aliphatic heterocycles. The number of rotatable bonds is 3. The molecule has 1 saturated carbocycles. The monoisotopic (exact) mass is 262 g/mol. The molecule has 1 aromatic rings. The van der Waals surface area contributed by atoms with E-state index in [9.17, 15) is 0 Å². The van der Waals surface area contributed by atoms with Crippen molar-refractivity contribution in [1.82, 2.24) is 15.0 Å². The fraction of sp³-hybridized carbons (Fsp3) is 0.769. The van der Waals surface area contributed by atoms with E-state index in [1.807, 2.05) is 0 Å². The number of nitrogens with zero attached hydrogens (tertiary/aromatic N) is 4. The molecule has 0 radical (unpaired) electrons. The number of anilines is 3. The summed E-state index contributed by atoms with van der Waals surface area (Å²) in [4.78, 5) is 15.2. The first-order valence-corrected chi connectivity index (χ1v) is 7.19. The molecule has 1 aromatic heterocycles. The van der Waals surface area contributed by atoms with Gasteiger partial charge in [-0.2, -0.15) is 15.0 Å². The Morgan fingerprint density at radius 3 is 2.42 bits per heavy atom. The molecular weight excluding hydrogens is 240 g/mol. The van der Waals surface area contributed by atoms with Crippen molar-refractivity contribution in [3.8, 4) is 0 Å². The van der Waals surface area contributed by atoms with Gasteiger partial charge in [0.05, 0.1) is 0 Å². The van der Waals surface area contributed by atoms with Crippen LogP contribution in [-0.4, -0.2) is 33.6 Å². The van der Waals surface area contributed by atoms with Gasteiger partial charge in [-0.15, -0.1) is 0 Å². The molecule has 19 heavy (non-hydrogen) atoms. The third-order valence-corrected chi connectivity index (χ3v) is 4.15. The summed E-state index contributed by atoms with van der Waals surface area (Å²) in [5.74, 6) is 1.65. The van der Waals surface area contributed by atoms with Crippen molar-refractivity contribution in [2.45, 2.75) is 51.0 Å². The van der Waals surface area contributed by atoms with E-state index in [1.54, 1.807) is 0 Å². The molecule has 0 bridgehead atoms. The first-order chi connectivity index (χ1) is 9.15. The molecule has 2 fully saturated rings. The van der Waals surface area contributed by atoms with Gasteiger partial charge >= 0.3 is 0 Å². The molecule has 3 N–H and O–H groups in total. The molecule has 6 nitrogen and oxygen atoms in total. The highest BCUT2D eigenvalue weighted by Crippen LogP contribution is 2.34. The van der Waals surface area contributed by atoms with E-state index in [4.69, 9.17) is 5.73 Å². The third-order valence-electron chi connectivity index (χ3n) is 4.15. The second-order valence-electron chi connectivity index (χ2n) is 5.90. The van der Waals surface area contributed by atoms with Crippen molar-refractivity contribution in [3.05, 3.63) is 0 Å². The van der Waals surface area contributed by atoms with Gasteiger partial charge in [0.1, 0.15) is 0 Å². The summed E-state index contributed by atoms with van der Waals surface area (Å²) in [6, 6.07) is 0. The first kappa shape index (κ1) is 12.4. The number of nitrogens with one attached hydrogen (secondary N) is 1. The molecule has 0 aromatic carbocycles.